The minimum atomic E-state index is -3.79. The lowest BCUT2D eigenvalue weighted by Crippen LogP contribution is -2.47. The van der Waals surface area contributed by atoms with E-state index in [2.05, 4.69) is 4.72 Å². The number of ether oxygens (including phenoxy) is 1. The maximum Gasteiger partial charge on any atom is 0.280 e. The SMILES string of the molecule is Cc1ccc(OC2CCN(S(=O)(=O)NC3CCN(O)C3=O)C2)cc1. The molecule has 0 aromatic heterocycles. The van der Waals surface area contributed by atoms with Crippen molar-refractivity contribution in [3.8, 4) is 5.75 Å². The molecule has 0 aliphatic carbocycles. The molecule has 2 atom stereocenters. The maximum absolute atomic E-state index is 12.4. The van der Waals surface area contributed by atoms with Crippen LogP contribution in [0.1, 0.15) is 18.4 Å². The normalized spacial score (nSPS) is 25.4. The van der Waals surface area contributed by atoms with Gasteiger partial charge in [0, 0.05) is 6.54 Å². The van der Waals surface area contributed by atoms with Crippen molar-refractivity contribution in [2.24, 2.45) is 0 Å². The molecule has 2 aliphatic heterocycles. The van der Waals surface area contributed by atoms with E-state index in [-0.39, 0.29) is 25.6 Å². The Morgan fingerprint density at radius 1 is 1.21 bits per heavy atom. The van der Waals surface area contributed by atoms with Gasteiger partial charge in [-0.1, -0.05) is 17.7 Å². The number of hydrogen-bond acceptors (Lipinski definition) is 5. The van der Waals surface area contributed by atoms with Gasteiger partial charge < -0.3 is 4.74 Å². The minimum absolute atomic E-state index is 0.130. The van der Waals surface area contributed by atoms with Crippen LogP contribution >= 0.6 is 0 Å². The molecule has 2 heterocycles. The highest BCUT2D eigenvalue weighted by atomic mass is 32.2. The van der Waals surface area contributed by atoms with Gasteiger partial charge in [0.2, 0.25) is 0 Å². The first-order chi connectivity index (χ1) is 11.3. The average Bonchev–Trinajstić information content (AvgIpc) is 3.12. The monoisotopic (exact) mass is 355 g/mol. The van der Waals surface area contributed by atoms with Gasteiger partial charge in [0.05, 0.1) is 13.1 Å². The van der Waals surface area contributed by atoms with E-state index in [1.54, 1.807) is 0 Å². The van der Waals surface area contributed by atoms with Gasteiger partial charge in [0.15, 0.2) is 0 Å². The van der Waals surface area contributed by atoms with Crippen molar-refractivity contribution in [2.45, 2.75) is 31.9 Å². The van der Waals surface area contributed by atoms with Gasteiger partial charge in [-0.3, -0.25) is 10.0 Å². The predicted molar refractivity (Wildman–Crippen MR) is 85.7 cm³/mol. The van der Waals surface area contributed by atoms with Crippen LogP contribution in [0.4, 0.5) is 0 Å². The van der Waals surface area contributed by atoms with Gasteiger partial charge >= 0.3 is 0 Å². The van der Waals surface area contributed by atoms with Gasteiger partial charge in [-0.15, -0.1) is 0 Å². The molecule has 2 N–H and O–H groups in total. The first kappa shape index (κ1) is 17.2. The lowest BCUT2D eigenvalue weighted by atomic mass is 10.2. The molecule has 8 nitrogen and oxygen atoms in total. The van der Waals surface area contributed by atoms with Crippen LogP contribution in [-0.2, 0) is 15.0 Å². The molecule has 0 spiro atoms. The number of hydrogen-bond donors (Lipinski definition) is 2. The zero-order chi connectivity index (χ0) is 17.3. The number of benzene rings is 1. The zero-order valence-electron chi connectivity index (χ0n) is 13.4. The molecular weight excluding hydrogens is 334 g/mol. The summed E-state index contributed by atoms with van der Waals surface area (Å²) in [6.45, 7) is 2.67. The van der Waals surface area contributed by atoms with Gasteiger partial charge in [-0.25, -0.2) is 5.06 Å². The second-order valence-corrected chi connectivity index (χ2v) is 7.83. The highest BCUT2D eigenvalue weighted by Gasteiger charge is 2.38. The summed E-state index contributed by atoms with van der Waals surface area (Å²) >= 11 is 0. The summed E-state index contributed by atoms with van der Waals surface area (Å²) in [6.07, 6.45) is 0.614. The molecule has 132 valence electrons. The highest BCUT2D eigenvalue weighted by molar-refractivity contribution is 7.87. The van der Waals surface area contributed by atoms with Crippen molar-refractivity contribution in [1.29, 1.82) is 0 Å². The third-order valence-corrected chi connectivity index (χ3v) is 5.84. The zero-order valence-corrected chi connectivity index (χ0v) is 14.2. The minimum Gasteiger partial charge on any atom is -0.489 e. The van der Waals surface area contributed by atoms with E-state index in [0.29, 0.717) is 23.8 Å². The number of nitrogens with zero attached hydrogens (tertiary/aromatic N) is 2. The molecular formula is C15H21N3O5S. The average molecular weight is 355 g/mol. The largest absolute Gasteiger partial charge is 0.489 e. The summed E-state index contributed by atoms with van der Waals surface area (Å²) in [5.74, 6) is 0.0879. The van der Waals surface area contributed by atoms with Crippen LogP contribution < -0.4 is 9.46 Å². The molecule has 1 aromatic rings. The van der Waals surface area contributed by atoms with Crippen LogP contribution in [0.3, 0.4) is 0 Å². The quantitative estimate of drug-likeness (QED) is 0.739. The van der Waals surface area contributed by atoms with E-state index in [9.17, 15) is 18.4 Å². The van der Waals surface area contributed by atoms with E-state index < -0.39 is 22.2 Å². The fraction of sp³-hybridized carbons (Fsp3) is 0.533. The Bertz CT molecular complexity index is 706. The molecule has 0 radical (unpaired) electrons. The van der Waals surface area contributed by atoms with Gasteiger partial charge in [-0.2, -0.15) is 17.4 Å². The molecule has 9 heteroatoms. The number of amides is 1. The standard InChI is InChI=1S/C15H21N3O5S/c1-11-2-4-12(5-3-11)23-13-6-8-17(10-13)24(21,22)16-14-7-9-18(20)15(14)19/h2-5,13-14,16,20H,6-10H2,1H3. The summed E-state index contributed by atoms with van der Waals surface area (Å²) in [7, 11) is -3.79. The van der Waals surface area contributed by atoms with Crippen LogP contribution in [0.2, 0.25) is 0 Å². The third kappa shape index (κ3) is 3.69. The van der Waals surface area contributed by atoms with E-state index in [1.807, 2.05) is 31.2 Å². The third-order valence-electron chi connectivity index (χ3n) is 4.24. The van der Waals surface area contributed by atoms with Crippen LogP contribution in [-0.4, -0.2) is 60.7 Å². The van der Waals surface area contributed by atoms with Crippen molar-refractivity contribution in [3.63, 3.8) is 0 Å². The van der Waals surface area contributed by atoms with Gasteiger partial charge in [0.25, 0.3) is 16.1 Å². The van der Waals surface area contributed by atoms with Gasteiger partial charge in [0.1, 0.15) is 17.9 Å². The van der Waals surface area contributed by atoms with E-state index >= 15 is 0 Å². The molecule has 2 saturated heterocycles. The Morgan fingerprint density at radius 2 is 1.92 bits per heavy atom. The highest BCUT2D eigenvalue weighted by Crippen LogP contribution is 2.21. The predicted octanol–water partition coefficient (Wildman–Crippen LogP) is 0.273. The Balaban J connectivity index is 1.58. The topological polar surface area (TPSA) is 99.2 Å². The summed E-state index contributed by atoms with van der Waals surface area (Å²) in [5.41, 5.74) is 1.13. The number of hydroxylamine groups is 2. The molecule has 2 aliphatic rings. The number of nitrogens with one attached hydrogen (secondary N) is 1. The van der Waals surface area contributed by atoms with Crippen LogP contribution in [0.15, 0.2) is 24.3 Å². The van der Waals surface area contributed by atoms with E-state index in [4.69, 9.17) is 4.74 Å². The Kier molecular flexibility index (Phi) is 4.77. The number of carbonyl (C=O) groups is 1. The van der Waals surface area contributed by atoms with Crippen molar-refractivity contribution in [3.05, 3.63) is 29.8 Å². The Morgan fingerprint density at radius 3 is 2.54 bits per heavy atom. The summed E-state index contributed by atoms with van der Waals surface area (Å²) in [6, 6.07) is 6.69. The summed E-state index contributed by atoms with van der Waals surface area (Å²) in [4.78, 5) is 11.6. The molecule has 1 aromatic carbocycles. The molecule has 2 fully saturated rings. The number of carbonyl (C=O) groups excluding carboxylic acids is 1. The molecule has 0 bridgehead atoms. The van der Waals surface area contributed by atoms with E-state index in [1.165, 1.54) is 4.31 Å². The lowest BCUT2D eigenvalue weighted by Gasteiger charge is -2.20. The van der Waals surface area contributed by atoms with Crippen LogP contribution in [0.25, 0.3) is 0 Å². The van der Waals surface area contributed by atoms with Crippen molar-refractivity contribution < 1.29 is 23.2 Å². The Labute approximate surface area is 141 Å². The first-order valence-corrected chi connectivity index (χ1v) is 9.30. The smallest absolute Gasteiger partial charge is 0.280 e. The lowest BCUT2D eigenvalue weighted by molar-refractivity contribution is -0.158. The summed E-state index contributed by atoms with van der Waals surface area (Å²) < 4.78 is 34.2. The fourth-order valence-electron chi connectivity index (χ4n) is 2.85. The molecule has 24 heavy (non-hydrogen) atoms. The number of rotatable bonds is 5. The van der Waals surface area contributed by atoms with Crippen molar-refractivity contribution in [2.75, 3.05) is 19.6 Å². The molecule has 2 unspecified atom stereocenters. The molecule has 3 rings (SSSR count). The fourth-order valence-corrected chi connectivity index (χ4v) is 4.29. The van der Waals surface area contributed by atoms with Crippen molar-refractivity contribution in [1.82, 2.24) is 14.1 Å². The van der Waals surface area contributed by atoms with Crippen molar-refractivity contribution >= 4 is 16.1 Å². The first-order valence-electron chi connectivity index (χ1n) is 7.86. The van der Waals surface area contributed by atoms with Crippen LogP contribution in [0.5, 0.6) is 5.75 Å². The summed E-state index contributed by atoms with van der Waals surface area (Å²) in [5, 5.41) is 9.81. The Hall–Kier alpha value is -1.68. The maximum atomic E-state index is 12.4. The molecule has 1 amide bonds. The molecule has 0 saturated carbocycles. The number of aryl methyl sites for hydroxylation is 1. The van der Waals surface area contributed by atoms with Crippen LogP contribution in [0, 0.1) is 6.92 Å². The second-order valence-electron chi connectivity index (χ2n) is 6.13. The van der Waals surface area contributed by atoms with E-state index in [0.717, 1.165) is 5.56 Å². The second kappa shape index (κ2) is 6.67. The van der Waals surface area contributed by atoms with Gasteiger partial charge in [-0.05, 0) is 31.9 Å².